The minimum atomic E-state index is -0.638. The van der Waals surface area contributed by atoms with Crippen LogP contribution in [0.2, 0.25) is 0 Å². The van der Waals surface area contributed by atoms with Crippen LogP contribution in [0.25, 0.3) is 0 Å². The largest absolute Gasteiger partial charge is 0.469 e. The normalized spacial score (nSPS) is 32.5. The fourth-order valence-electron chi connectivity index (χ4n) is 7.86. The van der Waals surface area contributed by atoms with Gasteiger partial charge >= 0.3 is 5.97 Å². The molecule has 2 heterocycles. The number of nitrogens with two attached hydrogens (primary N) is 1. The zero-order valence-electron chi connectivity index (χ0n) is 20.1. The molecule has 1 aromatic heterocycles. The molecular formula is C27H32N4O3. The Bertz CT molecular complexity index is 1170. The van der Waals surface area contributed by atoms with Crippen LogP contribution in [0, 0.1) is 17.3 Å². The van der Waals surface area contributed by atoms with Gasteiger partial charge in [0.2, 0.25) is 5.88 Å². The summed E-state index contributed by atoms with van der Waals surface area (Å²) in [4.78, 5) is 25.4. The van der Waals surface area contributed by atoms with E-state index in [-0.39, 0.29) is 16.8 Å². The second kappa shape index (κ2) is 7.27. The predicted octanol–water partition coefficient (Wildman–Crippen LogP) is 4.75. The lowest BCUT2D eigenvalue weighted by molar-refractivity contribution is -0.150. The number of methoxy groups -OCH3 is 1. The highest BCUT2D eigenvalue weighted by Gasteiger charge is 2.58. The van der Waals surface area contributed by atoms with Crippen molar-refractivity contribution >= 4 is 23.2 Å². The van der Waals surface area contributed by atoms with E-state index < -0.39 is 5.60 Å². The van der Waals surface area contributed by atoms with Crippen LogP contribution in [0.1, 0.15) is 69.9 Å². The SMILES string of the molecule is COC(=O)CC12C[C@H]3C[C@@H](C1)CC(c1ccc(C4=Nc5c(N)ncnc5OC4(C)C)cc1)(C3)C2. The van der Waals surface area contributed by atoms with E-state index in [0.29, 0.717) is 35.6 Å². The summed E-state index contributed by atoms with van der Waals surface area (Å²) in [5.74, 6) is 2.09. The minimum Gasteiger partial charge on any atom is -0.469 e. The van der Waals surface area contributed by atoms with Gasteiger partial charge in [0, 0.05) is 5.56 Å². The number of nitrogens with zero attached hydrogens (tertiary/aromatic N) is 3. The van der Waals surface area contributed by atoms with Gasteiger partial charge in [0.15, 0.2) is 11.5 Å². The third kappa shape index (κ3) is 3.31. The first kappa shape index (κ1) is 21.6. The molecule has 7 nitrogen and oxygen atoms in total. The van der Waals surface area contributed by atoms with Crippen LogP contribution >= 0.6 is 0 Å². The molecule has 7 rings (SSSR count). The topological polar surface area (TPSA) is 99.7 Å². The van der Waals surface area contributed by atoms with E-state index in [1.54, 1.807) is 0 Å². The lowest BCUT2D eigenvalue weighted by Gasteiger charge is -2.62. The van der Waals surface area contributed by atoms with Crippen molar-refractivity contribution in [3.63, 3.8) is 0 Å². The van der Waals surface area contributed by atoms with Crippen LogP contribution in [0.15, 0.2) is 35.6 Å². The Morgan fingerprint density at radius 1 is 1.12 bits per heavy atom. The molecule has 178 valence electrons. The Morgan fingerprint density at radius 3 is 2.50 bits per heavy atom. The van der Waals surface area contributed by atoms with E-state index >= 15 is 0 Å². The van der Waals surface area contributed by atoms with Gasteiger partial charge in [0.1, 0.15) is 11.9 Å². The molecule has 2 aromatic rings. The highest BCUT2D eigenvalue weighted by atomic mass is 16.5. The molecule has 5 aliphatic rings. The fourth-order valence-corrected chi connectivity index (χ4v) is 7.86. The number of benzene rings is 1. The van der Waals surface area contributed by atoms with E-state index in [4.69, 9.17) is 20.2 Å². The fraction of sp³-hybridized carbons (Fsp3) is 0.556. The Hall–Kier alpha value is -2.96. The van der Waals surface area contributed by atoms with Crippen LogP contribution in [0.3, 0.4) is 0 Å². The Balaban J connectivity index is 1.34. The first-order valence-corrected chi connectivity index (χ1v) is 12.3. The second-order valence-corrected chi connectivity index (χ2v) is 11.6. The van der Waals surface area contributed by atoms with Gasteiger partial charge in [-0.25, -0.2) is 9.98 Å². The number of fused-ring (bicyclic) bond motifs is 1. The lowest BCUT2D eigenvalue weighted by Crippen LogP contribution is -2.54. The molecule has 1 aliphatic heterocycles. The van der Waals surface area contributed by atoms with Gasteiger partial charge in [0.25, 0.3) is 0 Å². The number of nitrogen functional groups attached to an aromatic ring is 1. The van der Waals surface area contributed by atoms with E-state index in [9.17, 15) is 4.79 Å². The Morgan fingerprint density at radius 2 is 1.82 bits per heavy atom. The summed E-state index contributed by atoms with van der Waals surface area (Å²) in [6.07, 6.45) is 9.14. The molecule has 0 spiro atoms. The predicted molar refractivity (Wildman–Crippen MR) is 129 cm³/mol. The summed E-state index contributed by atoms with van der Waals surface area (Å²) in [6, 6.07) is 8.87. The molecule has 2 N–H and O–H groups in total. The average Bonchev–Trinajstić information content (AvgIpc) is 2.77. The molecule has 1 aromatic carbocycles. The highest BCUT2D eigenvalue weighted by molar-refractivity contribution is 6.09. The minimum absolute atomic E-state index is 0.0616. The maximum absolute atomic E-state index is 12.3. The van der Waals surface area contributed by atoms with Gasteiger partial charge in [-0.05, 0) is 80.6 Å². The van der Waals surface area contributed by atoms with E-state index in [1.807, 2.05) is 13.8 Å². The van der Waals surface area contributed by atoms with Crippen molar-refractivity contribution in [3.05, 3.63) is 41.7 Å². The van der Waals surface area contributed by atoms with Crippen molar-refractivity contribution in [1.82, 2.24) is 9.97 Å². The maximum atomic E-state index is 12.3. The smallest absolute Gasteiger partial charge is 0.306 e. The number of aliphatic imine (C=N–C) groups is 1. The molecule has 0 radical (unpaired) electrons. The number of ether oxygens (including phenoxy) is 2. The zero-order chi connectivity index (χ0) is 23.7. The van der Waals surface area contributed by atoms with Crippen molar-refractivity contribution in [2.24, 2.45) is 22.2 Å². The number of esters is 1. The lowest BCUT2D eigenvalue weighted by atomic mass is 9.42. The number of hydrogen-bond donors (Lipinski definition) is 1. The molecule has 7 heteroatoms. The van der Waals surface area contributed by atoms with E-state index in [2.05, 4.69) is 34.2 Å². The molecular weight excluding hydrogens is 428 g/mol. The molecule has 4 aliphatic carbocycles. The van der Waals surface area contributed by atoms with Crippen molar-refractivity contribution in [3.8, 4) is 5.88 Å². The Labute approximate surface area is 200 Å². The molecule has 2 unspecified atom stereocenters. The third-order valence-corrected chi connectivity index (χ3v) is 8.66. The quantitative estimate of drug-likeness (QED) is 0.661. The monoisotopic (exact) mass is 460 g/mol. The first-order valence-electron chi connectivity index (χ1n) is 12.3. The number of hydrogen-bond acceptors (Lipinski definition) is 7. The summed E-state index contributed by atoms with van der Waals surface area (Å²) in [6.45, 7) is 3.99. The third-order valence-electron chi connectivity index (χ3n) is 8.66. The molecule has 4 saturated carbocycles. The van der Waals surface area contributed by atoms with Crippen molar-refractivity contribution in [2.75, 3.05) is 12.8 Å². The van der Waals surface area contributed by atoms with Crippen LogP contribution in [-0.2, 0) is 14.9 Å². The molecule has 0 amide bonds. The average molecular weight is 461 g/mol. The number of anilines is 1. The molecule has 4 atom stereocenters. The highest BCUT2D eigenvalue weighted by Crippen LogP contribution is 2.66. The second-order valence-electron chi connectivity index (χ2n) is 11.6. The van der Waals surface area contributed by atoms with Gasteiger partial charge in [-0.3, -0.25) is 4.79 Å². The number of aromatic nitrogens is 2. The van der Waals surface area contributed by atoms with Crippen molar-refractivity contribution in [2.45, 2.75) is 69.8 Å². The summed E-state index contributed by atoms with van der Waals surface area (Å²) in [7, 11) is 1.51. The van der Waals surface area contributed by atoms with E-state index in [0.717, 1.165) is 17.7 Å². The standard InChI is InChI=1S/C27H32N4O3/c1-25(2)22(31-21-23(28)29-15-30-24(21)34-25)18-4-6-19(7-5-18)27-11-16-8-17(12-27)10-26(9-16,14-27)13-20(32)33-3/h4-7,15-17H,8-14H2,1-3H3,(H2,28,29,30)/t16-,17+,26?,27?. The molecule has 4 fully saturated rings. The van der Waals surface area contributed by atoms with Gasteiger partial charge in [-0.2, -0.15) is 4.98 Å². The molecule has 0 saturated heterocycles. The van der Waals surface area contributed by atoms with Gasteiger partial charge in [-0.15, -0.1) is 0 Å². The number of carbonyl (C=O) groups excluding carboxylic acids is 1. The summed E-state index contributed by atoms with van der Waals surface area (Å²) >= 11 is 0. The van der Waals surface area contributed by atoms with E-state index in [1.165, 1.54) is 51.1 Å². The van der Waals surface area contributed by atoms with Crippen LogP contribution in [-0.4, -0.2) is 34.4 Å². The molecule has 34 heavy (non-hydrogen) atoms. The molecule has 4 bridgehead atoms. The zero-order valence-corrected chi connectivity index (χ0v) is 20.1. The van der Waals surface area contributed by atoms with Crippen LogP contribution < -0.4 is 10.5 Å². The summed E-state index contributed by atoms with van der Waals surface area (Å²) in [5.41, 5.74) is 9.37. The first-order chi connectivity index (χ1) is 16.2. The van der Waals surface area contributed by atoms with Crippen molar-refractivity contribution in [1.29, 1.82) is 0 Å². The number of rotatable bonds is 4. The maximum Gasteiger partial charge on any atom is 0.306 e. The Kier molecular flexibility index (Phi) is 4.61. The van der Waals surface area contributed by atoms with Crippen LogP contribution in [0.5, 0.6) is 5.88 Å². The van der Waals surface area contributed by atoms with Crippen molar-refractivity contribution < 1.29 is 14.3 Å². The van der Waals surface area contributed by atoms with Gasteiger partial charge in [0.05, 0.1) is 19.2 Å². The van der Waals surface area contributed by atoms with Crippen LogP contribution in [0.4, 0.5) is 11.5 Å². The van der Waals surface area contributed by atoms with Gasteiger partial charge in [-0.1, -0.05) is 24.3 Å². The summed E-state index contributed by atoms with van der Waals surface area (Å²) in [5, 5.41) is 0. The van der Waals surface area contributed by atoms with Gasteiger partial charge < -0.3 is 15.2 Å². The summed E-state index contributed by atoms with van der Waals surface area (Å²) < 4.78 is 11.2. The number of carbonyl (C=O) groups is 1.